The van der Waals surface area contributed by atoms with Gasteiger partial charge in [-0.3, -0.25) is 14.9 Å². The van der Waals surface area contributed by atoms with E-state index in [0.29, 0.717) is 18.0 Å². The number of pyridine rings is 1. The van der Waals surface area contributed by atoms with Crippen LogP contribution in [0.2, 0.25) is 0 Å². The molecule has 0 fully saturated rings. The number of nitrogens with one attached hydrogen (secondary N) is 3. The van der Waals surface area contributed by atoms with Gasteiger partial charge in [-0.1, -0.05) is 51.3 Å². The Hall–Kier alpha value is -3.93. The van der Waals surface area contributed by atoms with Crippen molar-refractivity contribution in [2.45, 2.75) is 39.5 Å². The fraction of sp³-hybridized carbons (Fsp3) is 0.276. The number of aromatic amines is 1. The monoisotopic (exact) mass is 467 g/mol. The fourth-order valence-electron chi connectivity index (χ4n) is 4.11. The number of amides is 1. The maximum Gasteiger partial charge on any atom is 0.253 e. The lowest BCUT2D eigenvalue weighted by atomic mass is 9.99. The van der Waals surface area contributed by atoms with Crippen molar-refractivity contribution in [1.29, 1.82) is 0 Å². The van der Waals surface area contributed by atoms with Crippen LogP contribution in [-0.2, 0) is 0 Å². The largest absolute Gasteiger partial charge is 0.355 e. The van der Waals surface area contributed by atoms with Crippen LogP contribution < -0.4 is 10.6 Å². The third-order valence-corrected chi connectivity index (χ3v) is 6.24. The summed E-state index contributed by atoms with van der Waals surface area (Å²) in [7, 11) is 0. The van der Waals surface area contributed by atoms with Crippen LogP contribution in [0.15, 0.2) is 66.9 Å². The topological polar surface area (TPSA) is 82.7 Å². The molecule has 2 aromatic carbocycles. The van der Waals surface area contributed by atoms with E-state index in [1.54, 1.807) is 6.20 Å². The zero-order valence-corrected chi connectivity index (χ0v) is 20.4. The van der Waals surface area contributed by atoms with Crippen LogP contribution in [0.25, 0.3) is 23.1 Å². The first-order chi connectivity index (χ1) is 17.2. The van der Waals surface area contributed by atoms with Gasteiger partial charge in [0.2, 0.25) is 0 Å². The average Bonchev–Trinajstić information content (AvgIpc) is 3.30. The van der Waals surface area contributed by atoms with Crippen molar-refractivity contribution < 1.29 is 4.79 Å². The molecular weight excluding hydrogens is 434 g/mol. The normalized spacial score (nSPS) is 12.2. The van der Waals surface area contributed by atoms with Crippen LogP contribution in [0, 0.1) is 5.92 Å². The second-order valence-electron chi connectivity index (χ2n) is 8.75. The molecule has 1 atom stereocenters. The zero-order chi connectivity index (χ0) is 24.5. The molecule has 0 aliphatic rings. The van der Waals surface area contributed by atoms with Gasteiger partial charge >= 0.3 is 0 Å². The highest BCUT2D eigenvalue weighted by Crippen LogP contribution is 2.26. The second-order valence-corrected chi connectivity index (χ2v) is 8.75. The van der Waals surface area contributed by atoms with E-state index in [1.165, 1.54) is 12.8 Å². The molecule has 0 spiro atoms. The second kappa shape index (κ2) is 12.0. The highest BCUT2D eigenvalue weighted by Gasteiger charge is 2.14. The van der Waals surface area contributed by atoms with E-state index < -0.39 is 0 Å². The summed E-state index contributed by atoms with van der Waals surface area (Å²) in [5.41, 5.74) is 4.95. The Balaban J connectivity index is 1.46. The van der Waals surface area contributed by atoms with Crippen molar-refractivity contribution in [2.24, 2.45) is 5.92 Å². The van der Waals surface area contributed by atoms with Crippen molar-refractivity contribution in [3.05, 3.63) is 83.8 Å². The van der Waals surface area contributed by atoms with E-state index in [9.17, 15) is 4.79 Å². The highest BCUT2D eigenvalue weighted by atomic mass is 16.1. The minimum Gasteiger partial charge on any atom is -0.355 e. The number of aromatic nitrogens is 3. The Bertz CT molecular complexity index is 1280. The Kier molecular flexibility index (Phi) is 8.28. The van der Waals surface area contributed by atoms with Gasteiger partial charge in [-0.15, -0.1) is 0 Å². The number of carbonyl (C=O) groups excluding carboxylic acids is 1. The van der Waals surface area contributed by atoms with E-state index in [0.717, 1.165) is 46.5 Å². The standard InChI is InChI=1S/C29H33N5O/c1-3-5-10-21(4-2)20-31-29(35)25-12-6-7-13-26(25)32-23-14-16-24-27(33-34-28(24)19-23)17-15-22-11-8-9-18-30-22/h6-9,11-19,21,32H,3-5,10,20H2,1-2H3,(H,31,35)(H,33,34)/b17-15+. The van der Waals surface area contributed by atoms with Gasteiger partial charge in [0.1, 0.15) is 0 Å². The Morgan fingerprint density at radius 1 is 1.06 bits per heavy atom. The van der Waals surface area contributed by atoms with Gasteiger partial charge < -0.3 is 10.6 Å². The SMILES string of the molecule is CCCCC(CC)CNC(=O)c1ccccc1Nc1ccc2c(/C=C/c3ccccn3)n[nH]c2c1. The first-order valence-electron chi connectivity index (χ1n) is 12.4. The van der Waals surface area contributed by atoms with E-state index in [4.69, 9.17) is 0 Å². The summed E-state index contributed by atoms with van der Waals surface area (Å²) in [5, 5.41) is 15.1. The molecule has 1 amide bonds. The lowest BCUT2D eigenvalue weighted by molar-refractivity contribution is 0.0946. The number of hydrogen-bond acceptors (Lipinski definition) is 4. The average molecular weight is 468 g/mol. The van der Waals surface area contributed by atoms with E-state index in [-0.39, 0.29) is 5.91 Å². The number of benzene rings is 2. The van der Waals surface area contributed by atoms with Gasteiger partial charge in [0, 0.05) is 23.8 Å². The molecular formula is C29H33N5O. The number of para-hydroxylation sites is 1. The minimum absolute atomic E-state index is 0.0485. The van der Waals surface area contributed by atoms with Crippen LogP contribution in [0.3, 0.4) is 0 Å². The first-order valence-corrected chi connectivity index (χ1v) is 12.4. The van der Waals surface area contributed by atoms with Crippen LogP contribution in [0.1, 0.15) is 61.3 Å². The molecule has 6 heteroatoms. The number of unbranched alkanes of at least 4 members (excludes halogenated alkanes) is 1. The van der Waals surface area contributed by atoms with E-state index >= 15 is 0 Å². The lowest BCUT2D eigenvalue weighted by Crippen LogP contribution is -2.29. The molecule has 0 bridgehead atoms. The number of carbonyl (C=O) groups is 1. The molecule has 4 aromatic rings. The van der Waals surface area contributed by atoms with Gasteiger partial charge in [-0.05, 0) is 67.0 Å². The van der Waals surface area contributed by atoms with Crippen LogP contribution in [-0.4, -0.2) is 27.6 Å². The van der Waals surface area contributed by atoms with Gasteiger partial charge in [-0.25, -0.2) is 0 Å². The summed E-state index contributed by atoms with van der Waals surface area (Å²) in [6, 6.07) is 19.5. The number of hydrogen-bond donors (Lipinski definition) is 3. The van der Waals surface area contributed by atoms with Gasteiger partial charge in [0.15, 0.2) is 0 Å². The van der Waals surface area contributed by atoms with Crippen molar-refractivity contribution >= 4 is 40.3 Å². The van der Waals surface area contributed by atoms with Crippen molar-refractivity contribution in [1.82, 2.24) is 20.5 Å². The van der Waals surface area contributed by atoms with Gasteiger partial charge in [0.05, 0.1) is 28.2 Å². The predicted octanol–water partition coefficient (Wildman–Crippen LogP) is 6.82. The Morgan fingerprint density at radius 3 is 2.71 bits per heavy atom. The van der Waals surface area contributed by atoms with Gasteiger partial charge in [-0.2, -0.15) is 5.10 Å². The fourth-order valence-corrected chi connectivity index (χ4v) is 4.11. The quantitative estimate of drug-likeness (QED) is 0.226. The number of fused-ring (bicyclic) bond motifs is 1. The number of anilines is 2. The third kappa shape index (κ3) is 6.35. The predicted molar refractivity (Wildman–Crippen MR) is 145 cm³/mol. The molecule has 35 heavy (non-hydrogen) atoms. The molecule has 0 aliphatic carbocycles. The van der Waals surface area contributed by atoms with Gasteiger partial charge in [0.25, 0.3) is 5.91 Å². The Morgan fingerprint density at radius 2 is 1.91 bits per heavy atom. The molecule has 0 saturated carbocycles. The zero-order valence-electron chi connectivity index (χ0n) is 20.4. The maximum absolute atomic E-state index is 13.0. The smallest absolute Gasteiger partial charge is 0.253 e. The summed E-state index contributed by atoms with van der Waals surface area (Å²) in [6.07, 6.45) is 10.3. The number of H-pyrrole nitrogens is 1. The molecule has 2 heterocycles. The maximum atomic E-state index is 13.0. The highest BCUT2D eigenvalue weighted by molar-refractivity contribution is 6.00. The number of nitrogens with zero attached hydrogens (tertiary/aromatic N) is 2. The van der Waals surface area contributed by atoms with E-state index in [2.05, 4.69) is 39.7 Å². The summed E-state index contributed by atoms with van der Waals surface area (Å²) < 4.78 is 0. The third-order valence-electron chi connectivity index (χ3n) is 6.24. The van der Waals surface area contributed by atoms with Crippen molar-refractivity contribution in [2.75, 3.05) is 11.9 Å². The molecule has 2 aromatic heterocycles. The molecule has 3 N–H and O–H groups in total. The summed E-state index contributed by atoms with van der Waals surface area (Å²) in [6.45, 7) is 5.10. The Labute approximate surface area is 206 Å². The number of rotatable bonds is 11. The molecule has 0 aliphatic heterocycles. The van der Waals surface area contributed by atoms with Crippen molar-refractivity contribution in [3.63, 3.8) is 0 Å². The summed E-state index contributed by atoms with van der Waals surface area (Å²) >= 11 is 0. The lowest BCUT2D eigenvalue weighted by Gasteiger charge is -2.17. The van der Waals surface area contributed by atoms with Crippen LogP contribution in [0.5, 0.6) is 0 Å². The van der Waals surface area contributed by atoms with Crippen molar-refractivity contribution in [3.8, 4) is 0 Å². The van der Waals surface area contributed by atoms with Crippen LogP contribution in [0.4, 0.5) is 11.4 Å². The molecule has 0 radical (unpaired) electrons. The first kappa shape index (κ1) is 24.2. The van der Waals surface area contributed by atoms with E-state index in [1.807, 2.05) is 72.8 Å². The summed E-state index contributed by atoms with van der Waals surface area (Å²) in [5.74, 6) is 0.468. The summed E-state index contributed by atoms with van der Waals surface area (Å²) in [4.78, 5) is 17.3. The molecule has 180 valence electrons. The molecule has 1 unspecified atom stereocenters. The molecule has 0 saturated heterocycles. The molecule has 6 nitrogen and oxygen atoms in total. The molecule has 4 rings (SSSR count). The van der Waals surface area contributed by atoms with Crippen LogP contribution >= 0.6 is 0 Å². The minimum atomic E-state index is -0.0485.